The van der Waals surface area contributed by atoms with Crippen LogP contribution in [-0.4, -0.2) is 20.6 Å². The summed E-state index contributed by atoms with van der Waals surface area (Å²) in [7, 11) is 0. The fourth-order valence-electron chi connectivity index (χ4n) is 2.39. The SMILES string of the molecule is CCCc1nc(CCC(=O)O)n2c1CCC2. The Morgan fingerprint density at radius 2 is 2.31 bits per heavy atom. The van der Waals surface area contributed by atoms with Gasteiger partial charge in [0.25, 0.3) is 0 Å². The molecule has 1 aromatic rings. The second kappa shape index (κ2) is 4.68. The maximum atomic E-state index is 10.6. The van der Waals surface area contributed by atoms with E-state index < -0.39 is 5.97 Å². The number of imidazole rings is 1. The summed E-state index contributed by atoms with van der Waals surface area (Å²) >= 11 is 0. The first-order valence-corrected chi connectivity index (χ1v) is 6.01. The number of aliphatic carboxylic acids is 1. The van der Waals surface area contributed by atoms with Crippen LogP contribution in [-0.2, 0) is 30.6 Å². The van der Waals surface area contributed by atoms with Crippen LogP contribution in [0, 0.1) is 0 Å². The molecule has 0 radical (unpaired) electrons. The summed E-state index contributed by atoms with van der Waals surface area (Å²) in [6.07, 6.45) is 5.14. The quantitative estimate of drug-likeness (QED) is 0.826. The van der Waals surface area contributed by atoms with Gasteiger partial charge in [-0.3, -0.25) is 4.79 Å². The van der Waals surface area contributed by atoms with E-state index in [9.17, 15) is 4.79 Å². The molecule has 0 aliphatic carbocycles. The molecular formula is C12H18N2O2. The summed E-state index contributed by atoms with van der Waals surface area (Å²) in [5.41, 5.74) is 2.54. The van der Waals surface area contributed by atoms with Crippen LogP contribution in [0.3, 0.4) is 0 Å². The van der Waals surface area contributed by atoms with E-state index in [2.05, 4.69) is 16.5 Å². The second-order valence-corrected chi connectivity index (χ2v) is 4.32. The molecule has 0 saturated carbocycles. The van der Waals surface area contributed by atoms with Crippen molar-refractivity contribution in [1.29, 1.82) is 0 Å². The number of carboxylic acids is 1. The fraction of sp³-hybridized carbons (Fsp3) is 0.667. The number of aromatic nitrogens is 2. The molecule has 1 aliphatic rings. The van der Waals surface area contributed by atoms with Gasteiger partial charge in [-0.15, -0.1) is 0 Å². The lowest BCUT2D eigenvalue weighted by molar-refractivity contribution is -0.137. The van der Waals surface area contributed by atoms with Crippen LogP contribution in [0.4, 0.5) is 0 Å². The first-order chi connectivity index (χ1) is 7.72. The molecule has 0 unspecified atom stereocenters. The Kier molecular flexibility index (Phi) is 3.27. The van der Waals surface area contributed by atoms with Gasteiger partial charge < -0.3 is 9.67 Å². The number of hydrogen-bond donors (Lipinski definition) is 1. The third-order valence-corrected chi connectivity index (χ3v) is 3.08. The molecule has 0 amide bonds. The third kappa shape index (κ3) is 2.10. The van der Waals surface area contributed by atoms with E-state index in [1.165, 1.54) is 17.8 Å². The molecule has 0 fully saturated rings. The van der Waals surface area contributed by atoms with Gasteiger partial charge in [0, 0.05) is 18.7 Å². The molecule has 0 atom stereocenters. The van der Waals surface area contributed by atoms with Gasteiger partial charge in [-0.05, 0) is 19.3 Å². The molecule has 4 heteroatoms. The van der Waals surface area contributed by atoms with Gasteiger partial charge in [-0.25, -0.2) is 4.98 Å². The van der Waals surface area contributed by atoms with Crippen molar-refractivity contribution in [3.05, 3.63) is 17.2 Å². The average Bonchev–Trinajstić information content (AvgIpc) is 2.79. The monoisotopic (exact) mass is 222 g/mol. The number of rotatable bonds is 5. The summed E-state index contributed by atoms with van der Waals surface area (Å²) < 4.78 is 2.23. The molecule has 0 aromatic carbocycles. The lowest BCUT2D eigenvalue weighted by Gasteiger charge is -2.01. The van der Waals surface area contributed by atoms with Crippen molar-refractivity contribution in [2.24, 2.45) is 0 Å². The van der Waals surface area contributed by atoms with Gasteiger partial charge in [0.05, 0.1) is 12.1 Å². The molecule has 1 N–H and O–H groups in total. The summed E-state index contributed by atoms with van der Waals surface area (Å²) in [6, 6.07) is 0. The largest absolute Gasteiger partial charge is 0.481 e. The van der Waals surface area contributed by atoms with Crippen LogP contribution in [0.2, 0.25) is 0 Å². The number of fused-ring (bicyclic) bond motifs is 1. The van der Waals surface area contributed by atoms with Gasteiger partial charge >= 0.3 is 5.97 Å². The van der Waals surface area contributed by atoms with E-state index in [-0.39, 0.29) is 6.42 Å². The highest BCUT2D eigenvalue weighted by atomic mass is 16.4. The molecule has 0 spiro atoms. The van der Waals surface area contributed by atoms with Gasteiger partial charge in [0.15, 0.2) is 0 Å². The van der Waals surface area contributed by atoms with Crippen molar-refractivity contribution >= 4 is 5.97 Å². The molecule has 16 heavy (non-hydrogen) atoms. The van der Waals surface area contributed by atoms with Gasteiger partial charge in [0.2, 0.25) is 0 Å². The Balaban J connectivity index is 2.18. The van der Waals surface area contributed by atoms with E-state index in [1.807, 2.05) is 0 Å². The Bertz CT molecular complexity index is 396. The average molecular weight is 222 g/mol. The highest BCUT2D eigenvalue weighted by Crippen LogP contribution is 2.23. The van der Waals surface area contributed by atoms with Crippen molar-refractivity contribution < 1.29 is 9.90 Å². The normalized spacial score (nSPS) is 14.1. The number of carboxylic acid groups (broad SMARTS) is 1. The predicted octanol–water partition coefficient (Wildman–Crippen LogP) is 1.80. The zero-order valence-corrected chi connectivity index (χ0v) is 9.70. The number of nitrogens with zero attached hydrogens (tertiary/aromatic N) is 2. The number of carbonyl (C=O) groups is 1. The molecule has 4 nitrogen and oxygen atoms in total. The van der Waals surface area contributed by atoms with Crippen LogP contribution in [0.25, 0.3) is 0 Å². The van der Waals surface area contributed by atoms with Gasteiger partial charge in [-0.2, -0.15) is 0 Å². The van der Waals surface area contributed by atoms with Crippen LogP contribution >= 0.6 is 0 Å². The Morgan fingerprint density at radius 1 is 1.50 bits per heavy atom. The van der Waals surface area contributed by atoms with Crippen molar-refractivity contribution in [1.82, 2.24) is 9.55 Å². The smallest absolute Gasteiger partial charge is 0.303 e. The molecule has 88 valence electrons. The molecule has 1 aliphatic heterocycles. The van der Waals surface area contributed by atoms with Crippen molar-refractivity contribution in [3.63, 3.8) is 0 Å². The molecule has 1 aromatic heterocycles. The third-order valence-electron chi connectivity index (χ3n) is 3.08. The van der Waals surface area contributed by atoms with E-state index in [0.29, 0.717) is 6.42 Å². The molecule has 0 bridgehead atoms. The highest BCUT2D eigenvalue weighted by Gasteiger charge is 2.20. The first kappa shape index (κ1) is 11.2. The van der Waals surface area contributed by atoms with Crippen LogP contribution in [0.5, 0.6) is 0 Å². The number of aryl methyl sites for hydroxylation is 2. The molecule has 2 rings (SSSR count). The summed E-state index contributed by atoms with van der Waals surface area (Å²) in [6.45, 7) is 3.17. The minimum absolute atomic E-state index is 0.183. The minimum Gasteiger partial charge on any atom is -0.481 e. The topological polar surface area (TPSA) is 55.1 Å². The fourth-order valence-corrected chi connectivity index (χ4v) is 2.39. The van der Waals surface area contributed by atoms with Crippen molar-refractivity contribution in [2.45, 2.75) is 52.0 Å². The molecular weight excluding hydrogens is 204 g/mol. The van der Waals surface area contributed by atoms with Gasteiger partial charge in [0.1, 0.15) is 5.82 Å². The lowest BCUT2D eigenvalue weighted by Crippen LogP contribution is -2.04. The summed E-state index contributed by atoms with van der Waals surface area (Å²) in [4.78, 5) is 15.2. The lowest BCUT2D eigenvalue weighted by atomic mass is 10.2. The van der Waals surface area contributed by atoms with Crippen LogP contribution < -0.4 is 0 Å². The summed E-state index contributed by atoms with van der Waals surface area (Å²) in [5.74, 6) is 0.228. The Hall–Kier alpha value is -1.32. The maximum Gasteiger partial charge on any atom is 0.303 e. The molecule has 2 heterocycles. The second-order valence-electron chi connectivity index (χ2n) is 4.32. The maximum absolute atomic E-state index is 10.6. The van der Waals surface area contributed by atoms with E-state index >= 15 is 0 Å². The first-order valence-electron chi connectivity index (χ1n) is 6.01. The van der Waals surface area contributed by atoms with Crippen molar-refractivity contribution in [2.75, 3.05) is 0 Å². The van der Waals surface area contributed by atoms with Crippen LogP contribution in [0.15, 0.2) is 0 Å². The van der Waals surface area contributed by atoms with E-state index in [0.717, 1.165) is 31.6 Å². The zero-order chi connectivity index (χ0) is 11.5. The Morgan fingerprint density at radius 3 is 3.00 bits per heavy atom. The van der Waals surface area contributed by atoms with E-state index in [4.69, 9.17) is 5.11 Å². The van der Waals surface area contributed by atoms with Crippen LogP contribution in [0.1, 0.15) is 43.4 Å². The van der Waals surface area contributed by atoms with Crippen molar-refractivity contribution in [3.8, 4) is 0 Å². The number of hydrogen-bond acceptors (Lipinski definition) is 2. The molecule has 0 saturated heterocycles. The predicted molar refractivity (Wildman–Crippen MR) is 60.5 cm³/mol. The van der Waals surface area contributed by atoms with E-state index in [1.54, 1.807) is 0 Å². The minimum atomic E-state index is -0.743. The highest BCUT2D eigenvalue weighted by molar-refractivity contribution is 5.66. The Labute approximate surface area is 95.3 Å². The standard InChI is InChI=1S/C12H18N2O2/c1-2-4-9-10-5-3-8-14(10)11(13-9)6-7-12(15)16/h2-8H2,1H3,(H,15,16). The summed E-state index contributed by atoms with van der Waals surface area (Å²) in [5, 5.41) is 8.70. The van der Waals surface area contributed by atoms with Gasteiger partial charge in [-0.1, -0.05) is 13.3 Å². The zero-order valence-electron chi connectivity index (χ0n) is 9.70.